The van der Waals surface area contributed by atoms with Crippen molar-refractivity contribution in [1.82, 2.24) is 19.4 Å². The van der Waals surface area contributed by atoms with Gasteiger partial charge in [-0.05, 0) is 43.7 Å². The number of nitrogens with zero attached hydrogens (tertiary/aromatic N) is 5. The highest BCUT2D eigenvalue weighted by Crippen LogP contribution is 2.43. The zero-order valence-electron chi connectivity index (χ0n) is 17.3. The highest BCUT2D eigenvalue weighted by Gasteiger charge is 2.41. The molecule has 160 valence electrons. The zero-order chi connectivity index (χ0) is 21.0. The van der Waals surface area contributed by atoms with Crippen molar-refractivity contribution in [3.05, 3.63) is 36.8 Å². The fourth-order valence-electron chi connectivity index (χ4n) is 4.91. The van der Waals surface area contributed by atoms with Gasteiger partial charge in [-0.15, -0.1) is 0 Å². The number of rotatable bonds is 3. The first-order valence-electron chi connectivity index (χ1n) is 10.6. The summed E-state index contributed by atoms with van der Waals surface area (Å²) in [7, 11) is 0. The van der Waals surface area contributed by atoms with E-state index in [1.165, 1.54) is 17.8 Å². The van der Waals surface area contributed by atoms with Gasteiger partial charge in [-0.1, -0.05) is 29.2 Å². The number of hydrogen-bond donors (Lipinski definition) is 1. The molecule has 0 unspecified atom stereocenters. The van der Waals surface area contributed by atoms with Gasteiger partial charge in [0.1, 0.15) is 0 Å². The number of imidazole rings is 1. The van der Waals surface area contributed by atoms with E-state index >= 15 is 0 Å². The maximum absolute atomic E-state index is 5.94. The van der Waals surface area contributed by atoms with Crippen molar-refractivity contribution in [2.24, 2.45) is 5.41 Å². The molecule has 1 spiro atoms. The van der Waals surface area contributed by atoms with Crippen LogP contribution in [-0.2, 0) is 4.74 Å². The van der Waals surface area contributed by atoms with E-state index < -0.39 is 0 Å². The monoisotopic (exact) mass is 452 g/mol. The summed E-state index contributed by atoms with van der Waals surface area (Å²) in [6.45, 7) is 5.10. The number of nitrogen functional groups attached to an aromatic ring is 1. The van der Waals surface area contributed by atoms with E-state index in [0.717, 1.165) is 64.1 Å². The van der Waals surface area contributed by atoms with Crippen LogP contribution in [0, 0.1) is 5.41 Å². The van der Waals surface area contributed by atoms with Crippen molar-refractivity contribution in [2.75, 3.05) is 30.3 Å². The smallest absolute Gasteiger partial charge is 0.211 e. The molecule has 1 aromatic carbocycles. The van der Waals surface area contributed by atoms with E-state index in [-0.39, 0.29) is 0 Å². The molecule has 0 bridgehead atoms. The van der Waals surface area contributed by atoms with Gasteiger partial charge in [-0.2, -0.15) is 0 Å². The summed E-state index contributed by atoms with van der Waals surface area (Å²) in [5.41, 5.74) is 8.16. The van der Waals surface area contributed by atoms with Gasteiger partial charge >= 0.3 is 0 Å². The van der Waals surface area contributed by atoms with E-state index in [4.69, 9.17) is 15.5 Å². The minimum absolute atomic E-state index is 0.356. The number of anilines is 2. The first-order valence-corrected chi connectivity index (χ1v) is 12.3. The molecule has 0 amide bonds. The second kappa shape index (κ2) is 7.36. The summed E-state index contributed by atoms with van der Waals surface area (Å²) in [4.78, 5) is 18.5. The second-order valence-corrected chi connectivity index (χ2v) is 10.7. The molecule has 1 atom stereocenters. The number of nitrogens with two attached hydrogens (primary N) is 1. The molecule has 2 aliphatic rings. The Bertz CT molecular complexity index is 1260. The molecule has 0 saturated carbocycles. The van der Waals surface area contributed by atoms with E-state index in [0.29, 0.717) is 16.7 Å². The van der Waals surface area contributed by atoms with E-state index in [9.17, 15) is 0 Å². The Morgan fingerprint density at radius 2 is 2.10 bits per heavy atom. The largest absolute Gasteiger partial charge is 0.378 e. The molecule has 3 aromatic heterocycles. The molecule has 2 N–H and O–H groups in total. The van der Waals surface area contributed by atoms with Crippen LogP contribution in [0.15, 0.2) is 46.6 Å². The van der Waals surface area contributed by atoms with Gasteiger partial charge in [0, 0.05) is 36.6 Å². The minimum atomic E-state index is 0.356. The average molecular weight is 453 g/mol. The fraction of sp³-hybridized carbons (Fsp3) is 0.409. The lowest BCUT2D eigenvalue weighted by Gasteiger charge is -2.39. The second-order valence-electron chi connectivity index (χ2n) is 8.61. The third kappa shape index (κ3) is 3.35. The number of hydrogen-bond acceptors (Lipinski definition) is 8. The summed E-state index contributed by atoms with van der Waals surface area (Å²) in [5, 5.41) is 0.590. The maximum Gasteiger partial charge on any atom is 0.211 e. The van der Waals surface area contributed by atoms with Crippen LogP contribution in [0.5, 0.6) is 0 Å². The van der Waals surface area contributed by atoms with Gasteiger partial charge in [0.15, 0.2) is 10.8 Å². The summed E-state index contributed by atoms with van der Waals surface area (Å²) in [6, 6.07) is 6.12. The molecule has 6 rings (SSSR count). The van der Waals surface area contributed by atoms with Crippen LogP contribution in [0.2, 0.25) is 0 Å². The van der Waals surface area contributed by atoms with E-state index in [1.807, 2.05) is 30.7 Å². The Morgan fingerprint density at radius 1 is 1.23 bits per heavy atom. The van der Waals surface area contributed by atoms with Crippen LogP contribution in [0.1, 0.15) is 26.2 Å². The summed E-state index contributed by atoms with van der Waals surface area (Å²) >= 11 is 3.19. The predicted molar refractivity (Wildman–Crippen MR) is 125 cm³/mol. The van der Waals surface area contributed by atoms with Gasteiger partial charge in [0.2, 0.25) is 5.95 Å². The SMILES string of the molecule is C[C@H]1CC2(CCN(c3ncc(Sc4cccc5nc(N)sc45)c4nccn34)CC2)CO1. The van der Waals surface area contributed by atoms with E-state index in [1.54, 1.807) is 11.8 Å². The number of piperidine rings is 1. The molecule has 2 fully saturated rings. The third-order valence-electron chi connectivity index (χ3n) is 6.49. The highest BCUT2D eigenvalue weighted by atomic mass is 32.2. The zero-order valence-corrected chi connectivity index (χ0v) is 19.0. The number of ether oxygens (including phenoxy) is 1. The summed E-state index contributed by atoms with van der Waals surface area (Å²) in [6.07, 6.45) is 9.70. The third-order valence-corrected chi connectivity index (χ3v) is 8.62. The number of benzene rings is 1. The number of fused-ring (bicyclic) bond motifs is 2. The predicted octanol–water partition coefficient (Wildman–Crippen LogP) is 4.47. The van der Waals surface area contributed by atoms with Crippen LogP contribution < -0.4 is 10.6 Å². The fourth-order valence-corrected chi connectivity index (χ4v) is 6.82. The minimum Gasteiger partial charge on any atom is -0.378 e. The Kier molecular flexibility index (Phi) is 4.59. The van der Waals surface area contributed by atoms with Crippen molar-refractivity contribution in [3.8, 4) is 0 Å². The van der Waals surface area contributed by atoms with Crippen LogP contribution in [0.4, 0.5) is 11.1 Å². The van der Waals surface area contributed by atoms with Crippen LogP contribution in [0.3, 0.4) is 0 Å². The Hall–Kier alpha value is -2.36. The Balaban J connectivity index is 1.29. The lowest BCUT2D eigenvalue weighted by Crippen LogP contribution is -2.41. The molecule has 0 aliphatic carbocycles. The number of aromatic nitrogens is 4. The molecule has 2 aliphatic heterocycles. The first kappa shape index (κ1) is 19.3. The van der Waals surface area contributed by atoms with Crippen molar-refractivity contribution < 1.29 is 4.74 Å². The molecule has 7 nitrogen and oxygen atoms in total. The lowest BCUT2D eigenvalue weighted by molar-refractivity contribution is 0.0975. The molecule has 2 saturated heterocycles. The molecular formula is C22H24N6OS2. The normalized spacial score (nSPS) is 20.9. The van der Waals surface area contributed by atoms with Crippen molar-refractivity contribution in [1.29, 1.82) is 0 Å². The van der Waals surface area contributed by atoms with Crippen molar-refractivity contribution >= 4 is 50.0 Å². The highest BCUT2D eigenvalue weighted by molar-refractivity contribution is 8.00. The van der Waals surface area contributed by atoms with Crippen molar-refractivity contribution in [3.63, 3.8) is 0 Å². The van der Waals surface area contributed by atoms with E-state index in [2.05, 4.69) is 32.3 Å². The topological polar surface area (TPSA) is 81.6 Å². The van der Waals surface area contributed by atoms with Gasteiger partial charge in [-0.25, -0.2) is 15.0 Å². The van der Waals surface area contributed by atoms with Crippen molar-refractivity contribution in [2.45, 2.75) is 42.1 Å². The van der Waals surface area contributed by atoms with Crippen LogP contribution in [-0.4, -0.2) is 45.2 Å². The average Bonchev–Trinajstić information content (AvgIpc) is 3.48. The molecule has 5 heterocycles. The summed E-state index contributed by atoms with van der Waals surface area (Å²) in [5.74, 6) is 0.971. The standard InChI is InChI=1S/C22H24N6OS2/c1-14-11-22(13-29-14)5-8-27(9-6-22)21-25-12-17(19-24-7-10-28(19)21)30-16-4-2-3-15-18(16)31-20(23)26-15/h2-4,7,10,12,14H,5-6,8-9,11,13H2,1H3,(H2,23,26)/t14-/m0/s1. The first-order chi connectivity index (χ1) is 15.1. The number of thiazole rings is 1. The maximum atomic E-state index is 5.94. The molecule has 0 radical (unpaired) electrons. The van der Waals surface area contributed by atoms with Gasteiger partial charge < -0.3 is 15.4 Å². The van der Waals surface area contributed by atoms with Crippen LogP contribution >= 0.6 is 23.1 Å². The Labute approximate surface area is 188 Å². The molecule has 4 aromatic rings. The van der Waals surface area contributed by atoms with Gasteiger partial charge in [-0.3, -0.25) is 4.40 Å². The molecule has 31 heavy (non-hydrogen) atoms. The van der Waals surface area contributed by atoms with Gasteiger partial charge in [0.25, 0.3) is 0 Å². The quantitative estimate of drug-likeness (QED) is 0.491. The molecule has 9 heteroatoms. The van der Waals surface area contributed by atoms with Crippen LogP contribution in [0.25, 0.3) is 15.9 Å². The molecular weight excluding hydrogens is 428 g/mol. The Morgan fingerprint density at radius 3 is 2.90 bits per heavy atom. The lowest BCUT2D eigenvalue weighted by atomic mass is 9.77. The van der Waals surface area contributed by atoms with Gasteiger partial charge in [0.05, 0.1) is 27.8 Å². The summed E-state index contributed by atoms with van der Waals surface area (Å²) < 4.78 is 9.11.